The molecule has 0 radical (unpaired) electrons. The predicted molar refractivity (Wildman–Crippen MR) is 53.8 cm³/mol. The van der Waals surface area contributed by atoms with Crippen LogP contribution in [0.2, 0.25) is 0 Å². The van der Waals surface area contributed by atoms with Crippen LogP contribution in [0.4, 0.5) is 0 Å². The molecule has 0 bridgehead atoms. The molecule has 0 N–H and O–H groups in total. The van der Waals surface area contributed by atoms with E-state index >= 15 is 0 Å². The summed E-state index contributed by atoms with van der Waals surface area (Å²) in [5, 5.41) is 4.18. The Morgan fingerprint density at radius 2 is 2.31 bits per heavy atom. The zero-order chi connectivity index (χ0) is 9.26. The molecule has 2 aromatic heterocycles. The molecule has 0 unspecified atom stereocenters. The number of hydrogen-bond donors (Lipinski definition) is 0. The summed E-state index contributed by atoms with van der Waals surface area (Å²) in [7, 11) is 0. The van der Waals surface area contributed by atoms with Gasteiger partial charge in [-0.3, -0.25) is 4.98 Å². The Balaban J connectivity index is 2.52. The predicted octanol–water partition coefficient (Wildman–Crippen LogP) is 2.34. The highest BCUT2D eigenvalue weighted by Gasteiger charge is 2.01. The van der Waals surface area contributed by atoms with E-state index in [1.807, 2.05) is 25.3 Å². The number of hydrogen-bond acceptors (Lipinski definition) is 2. The molecule has 0 aromatic carbocycles. The standard InChI is InChI=1S/C9H8BrN3/c1-7-9(3-2-4-11-7)13-6-8(10)5-12-13/h2-6H,1H3. The third-order valence-corrected chi connectivity index (χ3v) is 2.19. The third kappa shape index (κ3) is 1.62. The van der Waals surface area contributed by atoms with Crippen molar-refractivity contribution >= 4 is 15.9 Å². The largest absolute Gasteiger partial charge is 0.259 e. The lowest BCUT2D eigenvalue weighted by atomic mass is 10.3. The minimum Gasteiger partial charge on any atom is -0.259 e. The molecule has 2 heterocycles. The van der Waals surface area contributed by atoms with Crippen molar-refractivity contribution in [2.75, 3.05) is 0 Å². The summed E-state index contributed by atoms with van der Waals surface area (Å²) < 4.78 is 2.77. The summed E-state index contributed by atoms with van der Waals surface area (Å²) in [5.74, 6) is 0. The van der Waals surface area contributed by atoms with E-state index in [9.17, 15) is 0 Å². The molecule has 0 atom stereocenters. The highest BCUT2D eigenvalue weighted by atomic mass is 79.9. The topological polar surface area (TPSA) is 30.7 Å². The van der Waals surface area contributed by atoms with E-state index in [1.54, 1.807) is 17.1 Å². The van der Waals surface area contributed by atoms with Crippen molar-refractivity contribution in [2.45, 2.75) is 6.92 Å². The average molecular weight is 238 g/mol. The first-order valence-electron chi connectivity index (χ1n) is 3.89. The van der Waals surface area contributed by atoms with Crippen LogP contribution in [0.1, 0.15) is 5.69 Å². The van der Waals surface area contributed by atoms with E-state index in [-0.39, 0.29) is 0 Å². The Bertz CT molecular complexity index is 422. The fourth-order valence-electron chi connectivity index (χ4n) is 1.15. The molecule has 0 aliphatic rings. The van der Waals surface area contributed by atoms with Gasteiger partial charge in [-0.25, -0.2) is 4.68 Å². The Labute approximate surface area is 84.5 Å². The zero-order valence-corrected chi connectivity index (χ0v) is 8.69. The highest BCUT2D eigenvalue weighted by molar-refractivity contribution is 9.10. The van der Waals surface area contributed by atoms with Crippen molar-refractivity contribution in [1.82, 2.24) is 14.8 Å². The van der Waals surface area contributed by atoms with Crippen molar-refractivity contribution in [3.63, 3.8) is 0 Å². The van der Waals surface area contributed by atoms with Crippen molar-refractivity contribution in [3.05, 3.63) is 40.9 Å². The molecule has 66 valence electrons. The van der Waals surface area contributed by atoms with E-state index in [0.29, 0.717) is 0 Å². The van der Waals surface area contributed by atoms with Crippen LogP contribution >= 0.6 is 15.9 Å². The number of nitrogens with zero attached hydrogens (tertiary/aromatic N) is 3. The second-order valence-electron chi connectivity index (χ2n) is 2.71. The molecule has 0 spiro atoms. The Morgan fingerprint density at radius 3 is 2.92 bits per heavy atom. The first-order chi connectivity index (χ1) is 6.27. The SMILES string of the molecule is Cc1ncccc1-n1cc(Br)cn1. The van der Waals surface area contributed by atoms with Gasteiger partial charge in [0.15, 0.2) is 0 Å². The van der Waals surface area contributed by atoms with Crippen molar-refractivity contribution in [3.8, 4) is 5.69 Å². The van der Waals surface area contributed by atoms with Gasteiger partial charge in [-0.2, -0.15) is 5.10 Å². The molecule has 3 nitrogen and oxygen atoms in total. The van der Waals surface area contributed by atoms with Crippen molar-refractivity contribution < 1.29 is 0 Å². The van der Waals surface area contributed by atoms with Crippen LogP contribution in [0, 0.1) is 6.92 Å². The molecule has 0 fully saturated rings. The summed E-state index contributed by atoms with van der Waals surface area (Å²) in [6.45, 7) is 1.96. The van der Waals surface area contributed by atoms with E-state index < -0.39 is 0 Å². The molecular weight excluding hydrogens is 230 g/mol. The van der Waals surface area contributed by atoms with Crippen LogP contribution in [0.15, 0.2) is 35.2 Å². The lowest BCUT2D eigenvalue weighted by Crippen LogP contribution is -1.98. The second kappa shape index (κ2) is 3.30. The van der Waals surface area contributed by atoms with Gasteiger partial charge in [0.1, 0.15) is 0 Å². The summed E-state index contributed by atoms with van der Waals surface area (Å²) in [5.41, 5.74) is 1.98. The molecule has 13 heavy (non-hydrogen) atoms. The van der Waals surface area contributed by atoms with Gasteiger partial charge in [-0.1, -0.05) is 0 Å². The number of pyridine rings is 1. The van der Waals surface area contributed by atoms with Crippen molar-refractivity contribution in [2.24, 2.45) is 0 Å². The fourth-order valence-corrected chi connectivity index (χ4v) is 1.44. The average Bonchev–Trinajstić information content (AvgIpc) is 2.53. The number of aryl methyl sites for hydroxylation is 1. The molecule has 0 aliphatic carbocycles. The summed E-state index contributed by atoms with van der Waals surface area (Å²) in [6.07, 6.45) is 5.44. The third-order valence-electron chi connectivity index (χ3n) is 1.78. The van der Waals surface area contributed by atoms with Crippen LogP contribution in [0.3, 0.4) is 0 Å². The zero-order valence-electron chi connectivity index (χ0n) is 7.11. The second-order valence-corrected chi connectivity index (χ2v) is 3.63. The minimum atomic E-state index is 0.968. The van der Waals surface area contributed by atoms with E-state index in [0.717, 1.165) is 15.9 Å². The molecule has 0 saturated carbocycles. The molecular formula is C9H8BrN3. The maximum absolute atomic E-state index is 4.19. The van der Waals surface area contributed by atoms with Crippen LogP contribution in [-0.4, -0.2) is 14.8 Å². The molecule has 2 rings (SSSR count). The lowest BCUT2D eigenvalue weighted by Gasteiger charge is -2.02. The lowest BCUT2D eigenvalue weighted by molar-refractivity contribution is 0.861. The van der Waals surface area contributed by atoms with Gasteiger partial charge in [-0.05, 0) is 35.0 Å². The molecule has 0 saturated heterocycles. The number of rotatable bonds is 1. The van der Waals surface area contributed by atoms with E-state index in [4.69, 9.17) is 0 Å². The smallest absolute Gasteiger partial charge is 0.0858 e. The van der Waals surface area contributed by atoms with Gasteiger partial charge in [-0.15, -0.1) is 0 Å². The molecule has 0 aliphatic heterocycles. The van der Waals surface area contributed by atoms with Crippen LogP contribution < -0.4 is 0 Å². The molecule has 2 aromatic rings. The highest BCUT2D eigenvalue weighted by Crippen LogP contribution is 2.13. The quantitative estimate of drug-likeness (QED) is 0.763. The van der Waals surface area contributed by atoms with Gasteiger partial charge in [0.25, 0.3) is 0 Å². The van der Waals surface area contributed by atoms with Gasteiger partial charge in [0, 0.05) is 12.4 Å². The Kier molecular flexibility index (Phi) is 2.14. The van der Waals surface area contributed by atoms with Crippen LogP contribution in [0.5, 0.6) is 0 Å². The molecule has 4 heteroatoms. The Morgan fingerprint density at radius 1 is 1.46 bits per heavy atom. The van der Waals surface area contributed by atoms with Gasteiger partial charge in [0.05, 0.1) is 22.1 Å². The van der Waals surface area contributed by atoms with Gasteiger partial charge in [0.2, 0.25) is 0 Å². The van der Waals surface area contributed by atoms with E-state index in [1.165, 1.54) is 0 Å². The van der Waals surface area contributed by atoms with Gasteiger partial charge < -0.3 is 0 Å². The minimum absolute atomic E-state index is 0.968. The Hall–Kier alpha value is -1.16. The maximum atomic E-state index is 4.19. The number of halogens is 1. The fraction of sp³-hybridized carbons (Fsp3) is 0.111. The summed E-state index contributed by atoms with van der Waals surface area (Å²) in [4.78, 5) is 4.19. The first-order valence-corrected chi connectivity index (χ1v) is 4.69. The summed E-state index contributed by atoms with van der Waals surface area (Å²) in [6, 6.07) is 3.89. The molecule has 0 amide bonds. The number of aromatic nitrogens is 3. The van der Waals surface area contributed by atoms with E-state index in [2.05, 4.69) is 26.0 Å². The van der Waals surface area contributed by atoms with Crippen LogP contribution in [0.25, 0.3) is 5.69 Å². The normalized spacial score (nSPS) is 10.3. The maximum Gasteiger partial charge on any atom is 0.0858 e. The summed E-state index contributed by atoms with van der Waals surface area (Å²) >= 11 is 3.35. The van der Waals surface area contributed by atoms with Gasteiger partial charge >= 0.3 is 0 Å². The first kappa shape index (κ1) is 8.44. The monoisotopic (exact) mass is 237 g/mol. The van der Waals surface area contributed by atoms with Crippen LogP contribution in [-0.2, 0) is 0 Å². The van der Waals surface area contributed by atoms with Crippen molar-refractivity contribution in [1.29, 1.82) is 0 Å².